The fraction of sp³-hybridized carbons (Fsp3) is 1.00. The molecule has 0 saturated heterocycles. The molecule has 0 aliphatic heterocycles. The van der Waals surface area contributed by atoms with Crippen molar-refractivity contribution >= 4 is 0 Å². The second-order valence-electron chi connectivity index (χ2n) is 2.40. The lowest BCUT2D eigenvalue weighted by Crippen LogP contribution is -2.34. The van der Waals surface area contributed by atoms with Crippen LogP contribution in [0.5, 0.6) is 0 Å². The first-order chi connectivity index (χ1) is 4.68. The van der Waals surface area contributed by atoms with Crippen molar-refractivity contribution in [3.8, 4) is 0 Å². The van der Waals surface area contributed by atoms with Crippen LogP contribution < -0.4 is 11.5 Å². The molecule has 10 heavy (non-hydrogen) atoms. The molecule has 0 spiro atoms. The quantitative estimate of drug-likeness (QED) is 0.320. The third-order valence-electron chi connectivity index (χ3n) is 1.42. The lowest BCUT2D eigenvalue weighted by Gasteiger charge is -2.29. The number of nitrogens with two attached hydrogens (primary N) is 2. The van der Waals surface area contributed by atoms with Crippen LogP contribution in [0, 0.1) is 5.21 Å². The van der Waals surface area contributed by atoms with Crippen LogP contribution in [0.25, 0.3) is 0 Å². The van der Waals surface area contributed by atoms with Gasteiger partial charge in [-0.15, -0.1) is 0 Å². The van der Waals surface area contributed by atoms with Gasteiger partial charge in [0.15, 0.2) is 0 Å². The summed E-state index contributed by atoms with van der Waals surface area (Å²) in [4.78, 5) is 0. The number of hydrogen-bond acceptors (Lipinski definition) is 4. The Hall–Kier alpha value is -0.160. The maximum absolute atomic E-state index is 10.5. The van der Waals surface area contributed by atoms with Gasteiger partial charge in [-0.05, 0) is 32.9 Å². The molecule has 0 aromatic carbocycles. The molecule has 0 amide bonds. The minimum atomic E-state index is -0.355. The maximum atomic E-state index is 10.5. The van der Waals surface area contributed by atoms with E-state index in [9.17, 15) is 5.21 Å². The van der Waals surface area contributed by atoms with Gasteiger partial charge in [0.2, 0.25) is 0 Å². The normalized spacial score (nSPS) is 14.1. The first-order valence-electron chi connectivity index (χ1n) is 3.54. The molecular weight excluding hydrogens is 130 g/mol. The largest absolute Gasteiger partial charge is 0.784 e. The molecule has 0 aromatic rings. The molecule has 4 heteroatoms. The van der Waals surface area contributed by atoms with Gasteiger partial charge in [0.1, 0.15) is 0 Å². The lowest BCUT2D eigenvalue weighted by atomic mass is 10.2. The summed E-state index contributed by atoms with van der Waals surface area (Å²) in [7, 11) is 1.44. The van der Waals surface area contributed by atoms with Crippen molar-refractivity contribution in [3.63, 3.8) is 0 Å². The molecule has 0 radical (unpaired) electrons. The Bertz CT molecular complexity index is 77.4. The third-order valence-corrected chi connectivity index (χ3v) is 1.42. The molecule has 4 N–H and O–H groups in total. The standard InChI is InChI=1S/C6H16N3O/c1-9(10)6(8)4-2-3-5-7/h6H,2-5,7-8H2,1H3/q-1/t6-/m1/s1. The number of hydrogen-bond donors (Lipinski definition) is 2. The second-order valence-corrected chi connectivity index (χ2v) is 2.40. The Morgan fingerprint density at radius 2 is 2.10 bits per heavy atom. The average molecular weight is 146 g/mol. The van der Waals surface area contributed by atoms with Gasteiger partial charge in [0.25, 0.3) is 0 Å². The van der Waals surface area contributed by atoms with Gasteiger partial charge in [-0.2, -0.15) is 0 Å². The van der Waals surface area contributed by atoms with Crippen molar-refractivity contribution in [1.29, 1.82) is 0 Å². The van der Waals surface area contributed by atoms with Crippen LogP contribution in [-0.4, -0.2) is 24.8 Å². The Balaban J connectivity index is 3.13. The zero-order chi connectivity index (χ0) is 7.98. The van der Waals surface area contributed by atoms with Crippen LogP contribution in [-0.2, 0) is 0 Å². The first kappa shape index (κ1) is 9.84. The summed E-state index contributed by atoms with van der Waals surface area (Å²) in [6.45, 7) is 0.676. The van der Waals surface area contributed by atoms with Gasteiger partial charge in [0.05, 0.1) is 0 Å². The average Bonchev–Trinajstić information content (AvgIpc) is 1.88. The molecule has 0 aliphatic carbocycles. The highest BCUT2D eigenvalue weighted by molar-refractivity contribution is 4.60. The van der Waals surface area contributed by atoms with Crippen molar-refractivity contribution < 1.29 is 0 Å². The van der Waals surface area contributed by atoms with E-state index in [0.29, 0.717) is 6.54 Å². The summed E-state index contributed by atoms with van der Waals surface area (Å²) >= 11 is 0. The summed E-state index contributed by atoms with van der Waals surface area (Å²) in [5.74, 6) is 0. The molecule has 0 aromatic heterocycles. The molecule has 0 unspecified atom stereocenters. The number of nitrogens with zero attached hydrogens (tertiary/aromatic N) is 1. The molecule has 0 bridgehead atoms. The summed E-state index contributed by atoms with van der Waals surface area (Å²) in [5, 5.41) is 11.3. The van der Waals surface area contributed by atoms with E-state index < -0.39 is 0 Å². The van der Waals surface area contributed by atoms with E-state index in [1.165, 1.54) is 7.05 Å². The monoisotopic (exact) mass is 146 g/mol. The van der Waals surface area contributed by atoms with Gasteiger partial charge in [-0.1, -0.05) is 0 Å². The summed E-state index contributed by atoms with van der Waals surface area (Å²) in [5.41, 5.74) is 10.7. The topological polar surface area (TPSA) is 78.3 Å². The summed E-state index contributed by atoms with van der Waals surface area (Å²) in [6, 6.07) is 0. The summed E-state index contributed by atoms with van der Waals surface area (Å²) < 4.78 is 0. The Morgan fingerprint density at radius 1 is 1.50 bits per heavy atom. The smallest absolute Gasteiger partial charge is 0.0454 e. The van der Waals surface area contributed by atoms with Crippen molar-refractivity contribution in [1.82, 2.24) is 5.06 Å². The Kier molecular flexibility index (Phi) is 5.52. The fourth-order valence-corrected chi connectivity index (χ4v) is 0.680. The van der Waals surface area contributed by atoms with Crippen molar-refractivity contribution in [2.45, 2.75) is 25.4 Å². The third kappa shape index (κ3) is 4.69. The van der Waals surface area contributed by atoms with Crippen LogP contribution in [0.15, 0.2) is 0 Å². The zero-order valence-electron chi connectivity index (χ0n) is 6.42. The lowest BCUT2D eigenvalue weighted by molar-refractivity contribution is 0.313. The van der Waals surface area contributed by atoms with Crippen molar-refractivity contribution in [3.05, 3.63) is 5.21 Å². The van der Waals surface area contributed by atoms with Gasteiger partial charge in [-0.3, -0.25) is 0 Å². The number of rotatable bonds is 5. The predicted molar refractivity (Wildman–Crippen MR) is 42.0 cm³/mol. The predicted octanol–water partition coefficient (Wildman–Crippen LogP) is -0.170. The minimum absolute atomic E-state index is 0.355. The SMILES string of the molecule is CN([O-])[C@@H](N)CCCCN. The maximum Gasteiger partial charge on any atom is 0.0454 e. The van der Waals surface area contributed by atoms with Crippen LogP contribution in [0.2, 0.25) is 0 Å². The van der Waals surface area contributed by atoms with E-state index >= 15 is 0 Å². The highest BCUT2D eigenvalue weighted by Crippen LogP contribution is 1.99. The highest BCUT2D eigenvalue weighted by atomic mass is 16.5. The van der Waals surface area contributed by atoms with E-state index in [-0.39, 0.29) is 6.17 Å². The van der Waals surface area contributed by atoms with E-state index in [2.05, 4.69) is 0 Å². The molecule has 0 heterocycles. The fourth-order valence-electron chi connectivity index (χ4n) is 0.680. The van der Waals surface area contributed by atoms with Crippen LogP contribution in [0.3, 0.4) is 0 Å². The van der Waals surface area contributed by atoms with Gasteiger partial charge in [0, 0.05) is 6.17 Å². The van der Waals surface area contributed by atoms with E-state index in [1.54, 1.807) is 0 Å². The van der Waals surface area contributed by atoms with E-state index in [1.807, 2.05) is 0 Å². The number of hydroxylamine groups is 2. The molecule has 0 saturated carbocycles. The first-order valence-corrected chi connectivity index (χ1v) is 3.54. The van der Waals surface area contributed by atoms with Crippen LogP contribution in [0.4, 0.5) is 0 Å². The molecule has 4 nitrogen and oxygen atoms in total. The minimum Gasteiger partial charge on any atom is -0.784 e. The number of unbranched alkanes of at least 4 members (excludes halogenated alkanes) is 1. The van der Waals surface area contributed by atoms with E-state index in [4.69, 9.17) is 11.5 Å². The second kappa shape index (κ2) is 5.61. The van der Waals surface area contributed by atoms with Crippen LogP contribution in [0.1, 0.15) is 19.3 Å². The van der Waals surface area contributed by atoms with E-state index in [0.717, 1.165) is 24.3 Å². The van der Waals surface area contributed by atoms with Gasteiger partial charge < -0.3 is 21.7 Å². The van der Waals surface area contributed by atoms with Crippen LogP contribution >= 0.6 is 0 Å². The molecule has 0 rings (SSSR count). The van der Waals surface area contributed by atoms with Crippen molar-refractivity contribution in [2.24, 2.45) is 11.5 Å². The van der Waals surface area contributed by atoms with Gasteiger partial charge >= 0.3 is 0 Å². The zero-order valence-corrected chi connectivity index (χ0v) is 6.42. The molecule has 0 fully saturated rings. The Labute approximate surface area is 61.8 Å². The highest BCUT2D eigenvalue weighted by Gasteiger charge is 1.98. The molecule has 62 valence electrons. The molecule has 1 atom stereocenters. The summed E-state index contributed by atoms with van der Waals surface area (Å²) in [6.07, 6.45) is 2.26. The molecular formula is C6H16N3O-. The van der Waals surface area contributed by atoms with Crippen molar-refractivity contribution in [2.75, 3.05) is 13.6 Å². The molecule has 0 aliphatic rings. The van der Waals surface area contributed by atoms with Gasteiger partial charge in [-0.25, -0.2) is 0 Å². The Morgan fingerprint density at radius 3 is 2.50 bits per heavy atom.